The Kier molecular flexibility index (Phi) is 7.36. The van der Waals surface area contributed by atoms with E-state index in [4.69, 9.17) is 5.73 Å². The minimum Gasteiger partial charge on any atom is -0.399 e. The minimum absolute atomic E-state index is 0. The molecule has 128 valence electrons. The van der Waals surface area contributed by atoms with Crippen LogP contribution in [-0.4, -0.2) is 23.9 Å². The molecule has 1 fully saturated rings. The molecule has 1 aliphatic rings. The Morgan fingerprint density at radius 2 is 1.74 bits per heavy atom. The zero-order valence-corrected chi connectivity index (χ0v) is 14.4. The fourth-order valence-electron chi connectivity index (χ4n) is 3.07. The van der Waals surface area contributed by atoms with Gasteiger partial charge in [0.2, 0.25) is 11.8 Å². The van der Waals surface area contributed by atoms with Crippen molar-refractivity contribution >= 4 is 29.9 Å². The van der Waals surface area contributed by atoms with Crippen molar-refractivity contribution < 1.29 is 9.59 Å². The van der Waals surface area contributed by atoms with Crippen molar-refractivity contribution in [3.05, 3.63) is 29.8 Å². The SMILES string of the molecule is CC(=O)NC1(C(=O)NCCc2ccc(N)cc2)CCCCC1.Cl. The van der Waals surface area contributed by atoms with E-state index in [2.05, 4.69) is 10.6 Å². The van der Waals surface area contributed by atoms with Gasteiger partial charge in [0.25, 0.3) is 0 Å². The minimum atomic E-state index is -0.717. The van der Waals surface area contributed by atoms with E-state index < -0.39 is 5.54 Å². The molecule has 0 atom stereocenters. The van der Waals surface area contributed by atoms with Crippen molar-refractivity contribution in [3.8, 4) is 0 Å². The normalized spacial score (nSPS) is 16.0. The number of benzene rings is 1. The van der Waals surface area contributed by atoms with Crippen LogP contribution in [0.2, 0.25) is 0 Å². The van der Waals surface area contributed by atoms with E-state index in [9.17, 15) is 9.59 Å². The summed E-state index contributed by atoms with van der Waals surface area (Å²) in [4.78, 5) is 24.0. The highest BCUT2D eigenvalue weighted by Gasteiger charge is 2.39. The van der Waals surface area contributed by atoms with E-state index in [0.717, 1.165) is 49.8 Å². The molecule has 0 aromatic heterocycles. The number of nitrogens with two attached hydrogens (primary N) is 1. The lowest BCUT2D eigenvalue weighted by Crippen LogP contribution is -2.59. The van der Waals surface area contributed by atoms with E-state index in [0.29, 0.717) is 6.54 Å². The van der Waals surface area contributed by atoms with Gasteiger partial charge >= 0.3 is 0 Å². The summed E-state index contributed by atoms with van der Waals surface area (Å²) in [5.41, 5.74) is 6.80. The second kappa shape index (κ2) is 8.77. The molecule has 0 saturated heterocycles. The lowest BCUT2D eigenvalue weighted by Gasteiger charge is -2.36. The molecule has 1 aliphatic carbocycles. The zero-order valence-electron chi connectivity index (χ0n) is 13.6. The van der Waals surface area contributed by atoms with Gasteiger partial charge in [0, 0.05) is 19.2 Å². The van der Waals surface area contributed by atoms with Crippen molar-refractivity contribution in [2.24, 2.45) is 0 Å². The van der Waals surface area contributed by atoms with Gasteiger partial charge in [0.05, 0.1) is 0 Å². The molecule has 6 heteroatoms. The number of rotatable bonds is 5. The standard InChI is InChI=1S/C17H25N3O2.ClH/c1-13(21)20-17(10-3-2-4-11-17)16(22)19-12-9-14-5-7-15(18)8-6-14;/h5-8H,2-4,9-12,18H2,1H3,(H,19,22)(H,20,21);1H. The van der Waals surface area contributed by atoms with Crippen molar-refractivity contribution in [1.82, 2.24) is 10.6 Å². The van der Waals surface area contributed by atoms with E-state index in [1.54, 1.807) is 0 Å². The van der Waals surface area contributed by atoms with Crippen molar-refractivity contribution in [2.45, 2.75) is 51.0 Å². The molecule has 0 radical (unpaired) electrons. The molecule has 1 aromatic carbocycles. The molecule has 0 heterocycles. The molecule has 23 heavy (non-hydrogen) atoms. The van der Waals surface area contributed by atoms with Crippen LogP contribution >= 0.6 is 12.4 Å². The highest BCUT2D eigenvalue weighted by molar-refractivity contribution is 5.91. The Balaban J connectivity index is 0.00000264. The van der Waals surface area contributed by atoms with Gasteiger partial charge in [-0.15, -0.1) is 12.4 Å². The van der Waals surface area contributed by atoms with Crippen LogP contribution < -0.4 is 16.4 Å². The lowest BCUT2D eigenvalue weighted by molar-refractivity contribution is -0.134. The molecule has 2 rings (SSSR count). The summed E-state index contributed by atoms with van der Waals surface area (Å²) >= 11 is 0. The zero-order chi connectivity index (χ0) is 16.0. The van der Waals surface area contributed by atoms with Crippen LogP contribution in [0, 0.1) is 0 Å². The third kappa shape index (κ3) is 5.43. The summed E-state index contributed by atoms with van der Waals surface area (Å²) in [6.45, 7) is 2.03. The third-order valence-electron chi connectivity index (χ3n) is 4.24. The quantitative estimate of drug-likeness (QED) is 0.719. The summed E-state index contributed by atoms with van der Waals surface area (Å²) in [6.07, 6.45) is 5.28. The maximum atomic E-state index is 12.6. The van der Waals surface area contributed by atoms with Gasteiger partial charge in [0.15, 0.2) is 0 Å². The highest BCUT2D eigenvalue weighted by Crippen LogP contribution is 2.28. The predicted molar refractivity (Wildman–Crippen MR) is 94.4 cm³/mol. The molecule has 0 bridgehead atoms. The van der Waals surface area contributed by atoms with Gasteiger partial charge < -0.3 is 16.4 Å². The Bertz CT molecular complexity index is 525. The topological polar surface area (TPSA) is 84.2 Å². The molecule has 2 amide bonds. The summed E-state index contributed by atoms with van der Waals surface area (Å²) in [7, 11) is 0. The first-order chi connectivity index (χ1) is 10.5. The number of carbonyl (C=O) groups is 2. The van der Waals surface area contributed by atoms with Crippen LogP contribution in [0.1, 0.15) is 44.6 Å². The molecule has 0 aliphatic heterocycles. The van der Waals surface area contributed by atoms with Crippen molar-refractivity contribution in [3.63, 3.8) is 0 Å². The van der Waals surface area contributed by atoms with Crippen LogP contribution in [0.15, 0.2) is 24.3 Å². The van der Waals surface area contributed by atoms with E-state index in [1.807, 2.05) is 24.3 Å². The fraction of sp³-hybridized carbons (Fsp3) is 0.529. The molecule has 0 spiro atoms. The summed E-state index contributed by atoms with van der Waals surface area (Å²) < 4.78 is 0. The number of nitrogens with one attached hydrogen (secondary N) is 2. The van der Waals surface area contributed by atoms with Crippen LogP contribution in [0.4, 0.5) is 5.69 Å². The number of nitrogen functional groups attached to an aromatic ring is 1. The summed E-state index contributed by atoms with van der Waals surface area (Å²) in [5, 5.41) is 5.86. The maximum Gasteiger partial charge on any atom is 0.245 e. The van der Waals surface area contributed by atoms with E-state index >= 15 is 0 Å². The molecule has 4 N–H and O–H groups in total. The molecule has 0 unspecified atom stereocenters. The lowest BCUT2D eigenvalue weighted by atomic mass is 9.80. The van der Waals surface area contributed by atoms with Crippen LogP contribution in [0.3, 0.4) is 0 Å². The van der Waals surface area contributed by atoms with Gasteiger partial charge in [0.1, 0.15) is 5.54 Å². The molecular weight excluding hydrogens is 314 g/mol. The first-order valence-electron chi connectivity index (χ1n) is 7.93. The Labute approximate surface area is 143 Å². The average Bonchev–Trinajstić information content (AvgIpc) is 2.49. The van der Waals surface area contributed by atoms with Gasteiger partial charge in [-0.2, -0.15) is 0 Å². The summed E-state index contributed by atoms with van der Waals surface area (Å²) in [5.74, 6) is -0.201. The van der Waals surface area contributed by atoms with Gasteiger partial charge in [-0.1, -0.05) is 31.4 Å². The number of halogens is 1. The van der Waals surface area contributed by atoms with Gasteiger partial charge in [-0.3, -0.25) is 9.59 Å². The van der Waals surface area contributed by atoms with Gasteiger partial charge in [-0.25, -0.2) is 0 Å². The maximum absolute atomic E-state index is 12.6. The largest absolute Gasteiger partial charge is 0.399 e. The number of amides is 2. The first-order valence-corrected chi connectivity index (χ1v) is 7.93. The van der Waals surface area contributed by atoms with E-state index in [1.165, 1.54) is 6.92 Å². The fourth-order valence-corrected chi connectivity index (χ4v) is 3.07. The van der Waals surface area contributed by atoms with Crippen LogP contribution in [-0.2, 0) is 16.0 Å². The molecule has 1 saturated carbocycles. The Hall–Kier alpha value is -1.75. The third-order valence-corrected chi connectivity index (χ3v) is 4.24. The van der Waals surface area contributed by atoms with Crippen LogP contribution in [0.5, 0.6) is 0 Å². The smallest absolute Gasteiger partial charge is 0.245 e. The number of hydrogen-bond donors (Lipinski definition) is 3. The first kappa shape index (κ1) is 19.3. The monoisotopic (exact) mass is 339 g/mol. The number of anilines is 1. The predicted octanol–water partition coefficient (Wildman–Crippen LogP) is 2.19. The number of hydrogen-bond acceptors (Lipinski definition) is 3. The van der Waals surface area contributed by atoms with Crippen molar-refractivity contribution in [1.29, 1.82) is 0 Å². The van der Waals surface area contributed by atoms with E-state index in [-0.39, 0.29) is 24.2 Å². The van der Waals surface area contributed by atoms with Crippen LogP contribution in [0.25, 0.3) is 0 Å². The van der Waals surface area contributed by atoms with Gasteiger partial charge in [-0.05, 0) is 37.0 Å². The molecule has 5 nitrogen and oxygen atoms in total. The highest BCUT2D eigenvalue weighted by atomic mass is 35.5. The summed E-state index contributed by atoms with van der Waals surface area (Å²) in [6, 6.07) is 7.64. The molecular formula is C17H26ClN3O2. The Morgan fingerprint density at radius 3 is 2.30 bits per heavy atom. The average molecular weight is 340 g/mol. The second-order valence-corrected chi connectivity index (χ2v) is 6.07. The Morgan fingerprint density at radius 1 is 1.13 bits per heavy atom. The van der Waals surface area contributed by atoms with Crippen molar-refractivity contribution in [2.75, 3.05) is 12.3 Å². The second-order valence-electron chi connectivity index (χ2n) is 6.07. The number of carbonyl (C=O) groups excluding carboxylic acids is 2. The molecule has 1 aromatic rings.